The minimum absolute atomic E-state index is 0.306. The predicted octanol–water partition coefficient (Wildman–Crippen LogP) is 3.62. The van der Waals surface area contributed by atoms with Crippen molar-refractivity contribution in [3.8, 4) is 0 Å². The number of nitrogens with two attached hydrogens (primary N) is 1. The Morgan fingerprint density at radius 3 is 2.79 bits per heavy atom. The molecule has 100 valence electrons. The standard InChI is InChI=1S/C16H20N2S/c1-2-11-8-9-19-16(11)15(18-17)14-10-13(14)12-6-4-3-5-7-12/h3-9,13-15,18H,2,10,17H2,1H3. The van der Waals surface area contributed by atoms with E-state index in [0.29, 0.717) is 17.9 Å². The zero-order chi connectivity index (χ0) is 13.2. The van der Waals surface area contributed by atoms with Gasteiger partial charge in [0.1, 0.15) is 0 Å². The molecule has 0 aliphatic heterocycles. The maximum atomic E-state index is 5.83. The van der Waals surface area contributed by atoms with Crippen molar-refractivity contribution >= 4 is 11.3 Å². The van der Waals surface area contributed by atoms with E-state index in [1.54, 1.807) is 0 Å². The number of aryl methyl sites for hydroxylation is 1. The van der Waals surface area contributed by atoms with Crippen LogP contribution in [0, 0.1) is 5.92 Å². The molecule has 1 aromatic carbocycles. The molecule has 1 aromatic heterocycles. The lowest BCUT2D eigenvalue weighted by Gasteiger charge is -2.16. The average Bonchev–Trinajstić information content (AvgIpc) is 3.10. The summed E-state index contributed by atoms with van der Waals surface area (Å²) in [5, 5.41) is 2.18. The first kappa shape index (κ1) is 12.9. The van der Waals surface area contributed by atoms with Gasteiger partial charge in [-0.05, 0) is 47.3 Å². The minimum atomic E-state index is 0.306. The van der Waals surface area contributed by atoms with E-state index in [1.807, 2.05) is 11.3 Å². The molecule has 3 unspecified atom stereocenters. The van der Waals surface area contributed by atoms with Crippen LogP contribution in [0.1, 0.15) is 41.3 Å². The molecule has 0 spiro atoms. The molecule has 1 saturated carbocycles. The Bertz CT molecular complexity index is 535. The number of thiophene rings is 1. The quantitative estimate of drug-likeness (QED) is 0.644. The third kappa shape index (κ3) is 2.46. The van der Waals surface area contributed by atoms with E-state index in [1.165, 1.54) is 22.4 Å². The van der Waals surface area contributed by atoms with Crippen LogP contribution >= 0.6 is 11.3 Å². The number of hydrogen-bond acceptors (Lipinski definition) is 3. The summed E-state index contributed by atoms with van der Waals surface area (Å²) >= 11 is 1.83. The third-order valence-electron chi connectivity index (χ3n) is 4.12. The van der Waals surface area contributed by atoms with Gasteiger partial charge in [0.2, 0.25) is 0 Å². The summed E-state index contributed by atoms with van der Waals surface area (Å²) in [4.78, 5) is 1.42. The van der Waals surface area contributed by atoms with Gasteiger partial charge < -0.3 is 0 Å². The highest BCUT2D eigenvalue weighted by atomic mass is 32.1. The summed E-state index contributed by atoms with van der Waals surface area (Å²) in [5.41, 5.74) is 5.93. The molecule has 2 nitrogen and oxygen atoms in total. The zero-order valence-electron chi connectivity index (χ0n) is 11.2. The summed E-state index contributed by atoms with van der Waals surface area (Å²) in [6.45, 7) is 2.21. The van der Waals surface area contributed by atoms with Crippen LogP contribution in [0.15, 0.2) is 41.8 Å². The van der Waals surface area contributed by atoms with Crippen LogP contribution in [0.5, 0.6) is 0 Å². The van der Waals surface area contributed by atoms with Gasteiger partial charge in [0.25, 0.3) is 0 Å². The molecule has 3 N–H and O–H groups in total. The Hall–Kier alpha value is -1.16. The normalized spacial score (nSPS) is 23.3. The van der Waals surface area contributed by atoms with E-state index in [4.69, 9.17) is 5.84 Å². The molecule has 1 heterocycles. The molecule has 2 aromatic rings. The van der Waals surface area contributed by atoms with Crippen LogP contribution in [-0.4, -0.2) is 0 Å². The second-order valence-corrected chi connectivity index (χ2v) is 6.17. The maximum Gasteiger partial charge on any atom is 0.0590 e. The molecule has 19 heavy (non-hydrogen) atoms. The molecule has 1 fully saturated rings. The molecule has 3 heteroatoms. The molecule has 0 saturated heterocycles. The van der Waals surface area contributed by atoms with Gasteiger partial charge in [0.05, 0.1) is 6.04 Å². The molecule has 1 aliphatic carbocycles. The average molecular weight is 272 g/mol. The van der Waals surface area contributed by atoms with Crippen LogP contribution in [-0.2, 0) is 6.42 Å². The van der Waals surface area contributed by atoms with Gasteiger partial charge in [-0.15, -0.1) is 11.3 Å². The van der Waals surface area contributed by atoms with Crippen molar-refractivity contribution in [3.63, 3.8) is 0 Å². The lowest BCUT2D eigenvalue weighted by molar-refractivity contribution is 0.492. The fraction of sp³-hybridized carbons (Fsp3) is 0.375. The van der Waals surface area contributed by atoms with Crippen LogP contribution in [0.25, 0.3) is 0 Å². The Balaban J connectivity index is 1.79. The topological polar surface area (TPSA) is 38.0 Å². The number of hydrazine groups is 1. The summed E-state index contributed by atoms with van der Waals surface area (Å²) < 4.78 is 0. The largest absolute Gasteiger partial charge is 0.271 e. The Kier molecular flexibility index (Phi) is 3.69. The Morgan fingerprint density at radius 1 is 1.32 bits per heavy atom. The summed E-state index contributed by atoms with van der Waals surface area (Å²) in [5.74, 6) is 7.12. The first-order valence-electron chi connectivity index (χ1n) is 6.92. The second kappa shape index (κ2) is 5.45. The highest BCUT2D eigenvalue weighted by Crippen LogP contribution is 2.54. The lowest BCUT2D eigenvalue weighted by Crippen LogP contribution is -2.29. The van der Waals surface area contributed by atoms with Crippen molar-refractivity contribution < 1.29 is 0 Å². The van der Waals surface area contributed by atoms with E-state index in [2.05, 4.69) is 54.1 Å². The summed E-state index contributed by atoms with van der Waals surface area (Å²) in [6.07, 6.45) is 2.32. The number of benzene rings is 1. The van der Waals surface area contributed by atoms with Gasteiger partial charge in [-0.3, -0.25) is 11.3 Å². The minimum Gasteiger partial charge on any atom is -0.271 e. The lowest BCUT2D eigenvalue weighted by atomic mass is 10.0. The molecular weight excluding hydrogens is 252 g/mol. The van der Waals surface area contributed by atoms with Crippen molar-refractivity contribution in [2.24, 2.45) is 11.8 Å². The summed E-state index contributed by atoms with van der Waals surface area (Å²) in [6, 6.07) is 13.3. The van der Waals surface area contributed by atoms with Crippen molar-refractivity contribution in [2.75, 3.05) is 0 Å². The van der Waals surface area contributed by atoms with E-state index in [0.717, 1.165) is 6.42 Å². The predicted molar refractivity (Wildman–Crippen MR) is 81.1 cm³/mol. The van der Waals surface area contributed by atoms with Crippen molar-refractivity contribution in [3.05, 3.63) is 57.8 Å². The third-order valence-corrected chi connectivity index (χ3v) is 5.16. The Morgan fingerprint density at radius 2 is 2.11 bits per heavy atom. The van der Waals surface area contributed by atoms with Gasteiger partial charge >= 0.3 is 0 Å². The van der Waals surface area contributed by atoms with Crippen LogP contribution in [0.3, 0.4) is 0 Å². The van der Waals surface area contributed by atoms with Gasteiger partial charge in [-0.2, -0.15) is 0 Å². The smallest absolute Gasteiger partial charge is 0.0590 e. The van der Waals surface area contributed by atoms with Gasteiger partial charge in [-0.1, -0.05) is 37.3 Å². The van der Waals surface area contributed by atoms with Gasteiger partial charge in [-0.25, -0.2) is 0 Å². The van der Waals surface area contributed by atoms with Crippen molar-refractivity contribution in [1.82, 2.24) is 5.43 Å². The van der Waals surface area contributed by atoms with E-state index >= 15 is 0 Å². The van der Waals surface area contributed by atoms with Crippen molar-refractivity contribution in [1.29, 1.82) is 0 Å². The fourth-order valence-corrected chi connectivity index (χ4v) is 4.10. The zero-order valence-corrected chi connectivity index (χ0v) is 12.0. The molecular formula is C16H20N2S. The highest BCUT2D eigenvalue weighted by Gasteiger charge is 2.44. The molecule has 0 bridgehead atoms. The Labute approximate surface area is 118 Å². The SMILES string of the molecule is CCc1ccsc1C(NN)C1CC1c1ccccc1. The highest BCUT2D eigenvalue weighted by molar-refractivity contribution is 7.10. The fourth-order valence-electron chi connectivity index (χ4n) is 2.97. The second-order valence-electron chi connectivity index (χ2n) is 5.22. The van der Waals surface area contributed by atoms with Gasteiger partial charge in [0.15, 0.2) is 0 Å². The number of rotatable bonds is 5. The number of hydrogen-bond donors (Lipinski definition) is 2. The van der Waals surface area contributed by atoms with E-state index in [9.17, 15) is 0 Å². The molecule has 3 atom stereocenters. The molecule has 1 aliphatic rings. The first-order chi connectivity index (χ1) is 9.35. The van der Waals surface area contributed by atoms with E-state index < -0.39 is 0 Å². The van der Waals surface area contributed by atoms with Gasteiger partial charge in [0, 0.05) is 4.88 Å². The summed E-state index contributed by atoms with van der Waals surface area (Å²) in [7, 11) is 0. The first-order valence-corrected chi connectivity index (χ1v) is 7.80. The van der Waals surface area contributed by atoms with E-state index in [-0.39, 0.29) is 0 Å². The molecule has 0 amide bonds. The molecule has 3 rings (SSSR count). The monoisotopic (exact) mass is 272 g/mol. The van der Waals surface area contributed by atoms with Crippen LogP contribution in [0.4, 0.5) is 0 Å². The van der Waals surface area contributed by atoms with Crippen LogP contribution < -0.4 is 11.3 Å². The van der Waals surface area contributed by atoms with Crippen LogP contribution in [0.2, 0.25) is 0 Å². The maximum absolute atomic E-state index is 5.83. The number of nitrogens with one attached hydrogen (secondary N) is 1. The molecule has 0 radical (unpaired) electrons. The van der Waals surface area contributed by atoms with Crippen molar-refractivity contribution in [2.45, 2.75) is 31.7 Å².